The van der Waals surface area contributed by atoms with Crippen LogP contribution in [-0.4, -0.2) is 38.3 Å². The fourth-order valence-corrected chi connectivity index (χ4v) is 4.07. The summed E-state index contributed by atoms with van der Waals surface area (Å²) in [6.45, 7) is 0.461. The summed E-state index contributed by atoms with van der Waals surface area (Å²) in [4.78, 5) is 11.6. The summed E-state index contributed by atoms with van der Waals surface area (Å²) in [6.07, 6.45) is 0. The van der Waals surface area contributed by atoms with Crippen molar-refractivity contribution >= 4 is 32.4 Å². The topological polar surface area (TPSA) is 92.5 Å². The maximum absolute atomic E-state index is 12.7. The first-order valence-electron chi connectivity index (χ1n) is 6.53. The van der Waals surface area contributed by atoms with Crippen molar-refractivity contribution in [1.29, 1.82) is 0 Å². The number of nitrogens with zero attached hydrogens (tertiary/aromatic N) is 1. The molecule has 0 aromatic heterocycles. The van der Waals surface area contributed by atoms with E-state index in [0.29, 0.717) is 17.6 Å². The van der Waals surface area contributed by atoms with Crippen LogP contribution >= 0.6 is 0 Å². The van der Waals surface area contributed by atoms with Crippen molar-refractivity contribution in [3.05, 3.63) is 36.4 Å². The second kappa shape index (κ2) is 5.01. The van der Waals surface area contributed by atoms with Gasteiger partial charge in [-0.15, -0.1) is 0 Å². The molecule has 1 saturated heterocycles. The van der Waals surface area contributed by atoms with Crippen LogP contribution in [-0.2, 0) is 14.8 Å². The third-order valence-electron chi connectivity index (χ3n) is 3.49. The van der Waals surface area contributed by atoms with E-state index in [-0.39, 0.29) is 23.9 Å². The molecule has 2 aromatic rings. The molecule has 0 aliphatic carbocycles. The van der Waals surface area contributed by atoms with E-state index in [2.05, 4.69) is 5.32 Å². The largest absolute Gasteiger partial charge is 0.399 e. The molecule has 21 heavy (non-hydrogen) atoms. The highest BCUT2D eigenvalue weighted by molar-refractivity contribution is 7.89. The molecule has 2 aromatic carbocycles. The first-order chi connectivity index (χ1) is 9.98. The average Bonchev–Trinajstić information content (AvgIpc) is 2.46. The van der Waals surface area contributed by atoms with Crippen molar-refractivity contribution < 1.29 is 13.2 Å². The molecule has 7 heteroatoms. The Morgan fingerprint density at radius 2 is 2.00 bits per heavy atom. The number of carbonyl (C=O) groups excluding carboxylic acids is 1. The lowest BCUT2D eigenvalue weighted by Crippen LogP contribution is -2.49. The minimum absolute atomic E-state index is 0.145. The lowest BCUT2D eigenvalue weighted by atomic mass is 10.1. The smallest absolute Gasteiger partial charge is 0.244 e. The number of amides is 1. The van der Waals surface area contributed by atoms with Gasteiger partial charge in [0.05, 0.1) is 11.4 Å². The fraction of sp³-hybridized carbons (Fsp3) is 0.214. The average molecular weight is 305 g/mol. The summed E-state index contributed by atoms with van der Waals surface area (Å²) in [5.74, 6) is -0.283. The Labute approximate surface area is 122 Å². The summed E-state index contributed by atoms with van der Waals surface area (Å²) in [5.41, 5.74) is 6.31. The standard InChI is InChI=1S/C14H15N3O3S/c15-11-4-5-12-10(8-11)2-1-3-13(12)21(19,20)17-7-6-16-14(18)9-17/h1-5,8H,6-7,9,15H2,(H,16,18). The number of rotatable bonds is 2. The normalized spacial score (nSPS) is 16.9. The molecule has 3 N–H and O–H groups in total. The molecule has 6 nitrogen and oxygen atoms in total. The van der Waals surface area contributed by atoms with Gasteiger partial charge in [-0.25, -0.2) is 8.42 Å². The van der Waals surface area contributed by atoms with E-state index in [4.69, 9.17) is 5.73 Å². The van der Waals surface area contributed by atoms with Gasteiger partial charge in [0.2, 0.25) is 15.9 Å². The predicted octanol–water partition coefficient (Wildman–Crippen LogP) is 0.543. The molecule has 110 valence electrons. The van der Waals surface area contributed by atoms with E-state index >= 15 is 0 Å². The van der Waals surface area contributed by atoms with Gasteiger partial charge in [-0.2, -0.15) is 4.31 Å². The molecule has 1 aliphatic rings. The van der Waals surface area contributed by atoms with Crippen molar-refractivity contribution in [1.82, 2.24) is 9.62 Å². The van der Waals surface area contributed by atoms with Crippen LogP contribution < -0.4 is 11.1 Å². The lowest BCUT2D eigenvalue weighted by Gasteiger charge is -2.26. The van der Waals surface area contributed by atoms with Crippen molar-refractivity contribution in [3.8, 4) is 0 Å². The maximum Gasteiger partial charge on any atom is 0.244 e. The van der Waals surface area contributed by atoms with Crippen LogP contribution in [0, 0.1) is 0 Å². The SMILES string of the molecule is Nc1ccc2c(S(=O)(=O)N3CCNC(=O)C3)cccc2c1. The van der Waals surface area contributed by atoms with Gasteiger partial charge in [-0.05, 0) is 23.6 Å². The number of hydrogen-bond donors (Lipinski definition) is 2. The zero-order valence-electron chi connectivity index (χ0n) is 11.2. The van der Waals surface area contributed by atoms with Gasteiger partial charge < -0.3 is 11.1 Å². The number of sulfonamides is 1. The molecule has 1 amide bonds. The van der Waals surface area contributed by atoms with Gasteiger partial charge in [0.1, 0.15) is 0 Å². The zero-order valence-corrected chi connectivity index (χ0v) is 12.1. The molecule has 0 spiro atoms. The summed E-state index contributed by atoms with van der Waals surface area (Å²) >= 11 is 0. The van der Waals surface area contributed by atoms with Crippen LogP contribution in [0.5, 0.6) is 0 Å². The Kier molecular flexibility index (Phi) is 3.30. The lowest BCUT2D eigenvalue weighted by molar-refractivity contribution is -0.122. The van der Waals surface area contributed by atoms with Crippen molar-refractivity contribution in [2.45, 2.75) is 4.90 Å². The Morgan fingerprint density at radius 1 is 1.19 bits per heavy atom. The van der Waals surface area contributed by atoms with Crippen LogP contribution in [0.25, 0.3) is 10.8 Å². The van der Waals surface area contributed by atoms with E-state index in [9.17, 15) is 13.2 Å². The second-order valence-corrected chi connectivity index (χ2v) is 6.83. The molecule has 1 heterocycles. The minimum Gasteiger partial charge on any atom is -0.399 e. The zero-order chi connectivity index (χ0) is 15.0. The molecule has 3 rings (SSSR count). The first-order valence-corrected chi connectivity index (χ1v) is 7.97. The predicted molar refractivity (Wildman–Crippen MR) is 80.1 cm³/mol. The summed E-state index contributed by atoms with van der Waals surface area (Å²) < 4.78 is 26.7. The number of nitrogens with one attached hydrogen (secondary N) is 1. The minimum atomic E-state index is -3.70. The molecule has 1 aliphatic heterocycles. The number of fused-ring (bicyclic) bond motifs is 1. The Morgan fingerprint density at radius 3 is 2.76 bits per heavy atom. The highest BCUT2D eigenvalue weighted by Crippen LogP contribution is 2.27. The van der Waals surface area contributed by atoms with Crippen LogP contribution in [0.15, 0.2) is 41.3 Å². The number of nitrogen functional groups attached to an aromatic ring is 1. The van der Waals surface area contributed by atoms with Crippen LogP contribution in [0.1, 0.15) is 0 Å². The maximum atomic E-state index is 12.7. The van der Waals surface area contributed by atoms with Gasteiger partial charge in [-0.3, -0.25) is 4.79 Å². The number of anilines is 1. The van der Waals surface area contributed by atoms with E-state index in [1.165, 1.54) is 4.31 Å². The Hall–Kier alpha value is -2.12. The molecule has 0 bridgehead atoms. The number of benzene rings is 2. The number of nitrogens with two attached hydrogens (primary N) is 1. The van der Waals surface area contributed by atoms with Crippen molar-refractivity contribution in [2.24, 2.45) is 0 Å². The monoisotopic (exact) mass is 305 g/mol. The summed E-state index contributed by atoms with van der Waals surface area (Å²) in [5, 5.41) is 3.99. The van der Waals surface area contributed by atoms with Crippen LogP contribution in [0.4, 0.5) is 5.69 Å². The molecular formula is C14H15N3O3S. The van der Waals surface area contributed by atoms with Gasteiger partial charge in [0, 0.05) is 24.2 Å². The Bertz CT molecular complexity index is 817. The van der Waals surface area contributed by atoms with Crippen molar-refractivity contribution in [2.75, 3.05) is 25.4 Å². The summed E-state index contributed by atoms with van der Waals surface area (Å²) in [6, 6.07) is 10.1. The Balaban J connectivity index is 2.12. The molecule has 1 fully saturated rings. The van der Waals surface area contributed by atoms with E-state index < -0.39 is 10.0 Å². The molecule has 0 saturated carbocycles. The highest BCUT2D eigenvalue weighted by atomic mass is 32.2. The van der Waals surface area contributed by atoms with Gasteiger partial charge >= 0.3 is 0 Å². The molecule has 0 atom stereocenters. The van der Waals surface area contributed by atoms with Gasteiger partial charge in [0.25, 0.3) is 0 Å². The quantitative estimate of drug-likeness (QED) is 0.792. The number of carbonyl (C=O) groups is 1. The second-order valence-electron chi connectivity index (χ2n) is 4.93. The van der Waals surface area contributed by atoms with E-state index in [1.807, 2.05) is 6.07 Å². The fourth-order valence-electron chi connectivity index (χ4n) is 2.46. The molecule has 0 radical (unpaired) electrons. The number of piperazine rings is 1. The summed E-state index contributed by atoms with van der Waals surface area (Å²) in [7, 11) is -3.70. The van der Waals surface area contributed by atoms with Crippen LogP contribution in [0.2, 0.25) is 0 Å². The van der Waals surface area contributed by atoms with Gasteiger partial charge in [0.15, 0.2) is 0 Å². The highest BCUT2D eigenvalue weighted by Gasteiger charge is 2.30. The van der Waals surface area contributed by atoms with E-state index in [0.717, 1.165) is 5.39 Å². The van der Waals surface area contributed by atoms with Crippen molar-refractivity contribution in [3.63, 3.8) is 0 Å². The van der Waals surface area contributed by atoms with Crippen LogP contribution in [0.3, 0.4) is 0 Å². The van der Waals surface area contributed by atoms with Gasteiger partial charge in [-0.1, -0.05) is 18.2 Å². The van der Waals surface area contributed by atoms with E-state index in [1.54, 1.807) is 30.3 Å². The third kappa shape index (κ3) is 2.45. The third-order valence-corrected chi connectivity index (χ3v) is 5.39. The number of hydrogen-bond acceptors (Lipinski definition) is 4. The first kappa shape index (κ1) is 13.8. The molecule has 0 unspecified atom stereocenters. The molecular weight excluding hydrogens is 290 g/mol.